The Balaban J connectivity index is 2.30. The van der Waals surface area contributed by atoms with Gasteiger partial charge in [0, 0.05) is 12.1 Å². The van der Waals surface area contributed by atoms with Gasteiger partial charge in [0.25, 0.3) is 5.69 Å². The molecule has 2 aromatic carbocycles. The highest BCUT2D eigenvalue weighted by atomic mass is 32.2. The summed E-state index contributed by atoms with van der Waals surface area (Å²) in [4.78, 5) is 10.1. The summed E-state index contributed by atoms with van der Waals surface area (Å²) in [7, 11) is -3.96. The number of non-ortho nitro benzene ring substituents is 1. The molecule has 0 bridgehead atoms. The second kappa shape index (κ2) is 5.53. The predicted molar refractivity (Wildman–Crippen MR) is 76.8 cm³/mol. The maximum atomic E-state index is 12.2. The zero-order valence-electron chi connectivity index (χ0n) is 11.4. The SMILES string of the molecule is Cc1ccc(S(=O)(=O)Oc2ccc([N+](=O)[O-])cc2)c(C)c1. The molecular weight excluding hydrogens is 294 g/mol. The van der Waals surface area contributed by atoms with Crippen LogP contribution in [0.3, 0.4) is 0 Å². The lowest BCUT2D eigenvalue weighted by molar-refractivity contribution is -0.384. The van der Waals surface area contributed by atoms with E-state index in [-0.39, 0.29) is 16.3 Å². The average molecular weight is 307 g/mol. The van der Waals surface area contributed by atoms with Crippen LogP contribution in [-0.4, -0.2) is 13.3 Å². The van der Waals surface area contributed by atoms with Crippen LogP contribution in [0.1, 0.15) is 11.1 Å². The van der Waals surface area contributed by atoms with Crippen molar-refractivity contribution < 1.29 is 17.5 Å². The molecule has 0 atom stereocenters. The van der Waals surface area contributed by atoms with Crippen LogP contribution in [0.2, 0.25) is 0 Å². The minimum atomic E-state index is -3.96. The van der Waals surface area contributed by atoms with Crippen molar-refractivity contribution in [3.05, 3.63) is 63.7 Å². The number of rotatable bonds is 4. The maximum absolute atomic E-state index is 12.2. The topological polar surface area (TPSA) is 86.5 Å². The van der Waals surface area contributed by atoms with Gasteiger partial charge < -0.3 is 4.18 Å². The van der Waals surface area contributed by atoms with Gasteiger partial charge in [0.1, 0.15) is 10.6 Å². The van der Waals surface area contributed by atoms with Gasteiger partial charge in [-0.3, -0.25) is 10.1 Å². The van der Waals surface area contributed by atoms with Crippen LogP contribution >= 0.6 is 0 Å². The molecule has 0 spiro atoms. The zero-order valence-corrected chi connectivity index (χ0v) is 12.3. The van der Waals surface area contributed by atoms with Gasteiger partial charge in [-0.05, 0) is 37.6 Å². The quantitative estimate of drug-likeness (QED) is 0.492. The van der Waals surface area contributed by atoms with Crippen molar-refractivity contribution in [2.24, 2.45) is 0 Å². The molecule has 2 aromatic rings. The van der Waals surface area contributed by atoms with E-state index in [2.05, 4.69) is 0 Å². The van der Waals surface area contributed by atoms with Crippen molar-refractivity contribution in [3.8, 4) is 5.75 Å². The van der Waals surface area contributed by atoms with Crippen LogP contribution in [0, 0.1) is 24.0 Å². The smallest absolute Gasteiger partial charge is 0.339 e. The van der Waals surface area contributed by atoms with Gasteiger partial charge in [-0.25, -0.2) is 0 Å². The van der Waals surface area contributed by atoms with Gasteiger partial charge in [0.15, 0.2) is 0 Å². The summed E-state index contributed by atoms with van der Waals surface area (Å²) in [5.74, 6) is 0.0283. The lowest BCUT2D eigenvalue weighted by Crippen LogP contribution is -2.11. The van der Waals surface area contributed by atoms with Crippen molar-refractivity contribution in [2.45, 2.75) is 18.7 Å². The first-order chi connectivity index (χ1) is 9.79. The molecule has 0 aliphatic carbocycles. The second-order valence-electron chi connectivity index (χ2n) is 4.56. The van der Waals surface area contributed by atoms with E-state index in [1.54, 1.807) is 19.1 Å². The van der Waals surface area contributed by atoms with E-state index in [4.69, 9.17) is 4.18 Å². The molecule has 7 heteroatoms. The molecule has 0 aliphatic heterocycles. The third-order valence-corrected chi connectivity index (χ3v) is 4.26. The van der Waals surface area contributed by atoms with Crippen LogP contribution < -0.4 is 4.18 Å². The summed E-state index contributed by atoms with van der Waals surface area (Å²) in [6.07, 6.45) is 0. The fourth-order valence-electron chi connectivity index (χ4n) is 1.87. The van der Waals surface area contributed by atoms with E-state index >= 15 is 0 Å². The normalized spacial score (nSPS) is 11.1. The highest BCUT2D eigenvalue weighted by Gasteiger charge is 2.19. The van der Waals surface area contributed by atoms with Crippen LogP contribution in [0.25, 0.3) is 0 Å². The standard InChI is InChI=1S/C14H13NO5S/c1-10-3-8-14(11(2)9-10)21(18,19)20-13-6-4-12(5-7-13)15(16)17/h3-9H,1-2H3. The van der Waals surface area contributed by atoms with Crippen molar-refractivity contribution in [3.63, 3.8) is 0 Å². The van der Waals surface area contributed by atoms with Gasteiger partial charge in [0.05, 0.1) is 4.92 Å². The Labute approximate surface area is 122 Å². The number of nitro benzene ring substituents is 1. The van der Waals surface area contributed by atoms with Crippen LogP contribution in [0.5, 0.6) is 5.75 Å². The first kappa shape index (κ1) is 15.0. The van der Waals surface area contributed by atoms with Gasteiger partial charge in [-0.15, -0.1) is 0 Å². The molecule has 0 aliphatic rings. The highest BCUT2D eigenvalue weighted by molar-refractivity contribution is 7.87. The largest absolute Gasteiger partial charge is 0.379 e. The number of hydrogen-bond acceptors (Lipinski definition) is 5. The fraction of sp³-hybridized carbons (Fsp3) is 0.143. The number of benzene rings is 2. The predicted octanol–water partition coefficient (Wildman–Crippen LogP) is 2.98. The third kappa shape index (κ3) is 3.38. The molecule has 0 amide bonds. The maximum Gasteiger partial charge on any atom is 0.339 e. The van der Waals surface area contributed by atoms with Crippen molar-refractivity contribution in [1.29, 1.82) is 0 Å². The summed E-state index contributed by atoms with van der Waals surface area (Å²) in [5, 5.41) is 10.5. The van der Waals surface area contributed by atoms with E-state index in [0.717, 1.165) is 5.56 Å². The van der Waals surface area contributed by atoms with E-state index in [9.17, 15) is 18.5 Å². The Bertz CT molecular complexity index is 782. The molecule has 0 saturated heterocycles. The molecule has 110 valence electrons. The molecular formula is C14H13NO5S. The van der Waals surface area contributed by atoms with E-state index in [1.165, 1.54) is 30.3 Å². The summed E-state index contributed by atoms with van der Waals surface area (Å²) < 4.78 is 29.4. The van der Waals surface area contributed by atoms with Gasteiger partial charge in [0.2, 0.25) is 0 Å². The first-order valence-corrected chi connectivity index (χ1v) is 7.46. The van der Waals surface area contributed by atoms with Gasteiger partial charge >= 0.3 is 10.1 Å². The summed E-state index contributed by atoms with van der Waals surface area (Å²) in [6, 6.07) is 9.77. The number of hydrogen-bond donors (Lipinski definition) is 0. The molecule has 0 saturated carbocycles. The van der Waals surface area contributed by atoms with Crippen molar-refractivity contribution >= 4 is 15.8 Å². The first-order valence-electron chi connectivity index (χ1n) is 6.06. The number of nitrogens with zero attached hydrogens (tertiary/aromatic N) is 1. The summed E-state index contributed by atoms with van der Waals surface area (Å²) in [6.45, 7) is 3.54. The number of nitro groups is 1. The van der Waals surface area contributed by atoms with E-state index in [0.29, 0.717) is 5.56 Å². The Morgan fingerprint density at radius 2 is 1.67 bits per heavy atom. The zero-order chi connectivity index (χ0) is 15.6. The molecule has 0 N–H and O–H groups in total. The second-order valence-corrected chi connectivity index (χ2v) is 6.07. The minimum Gasteiger partial charge on any atom is -0.379 e. The molecule has 21 heavy (non-hydrogen) atoms. The Morgan fingerprint density at radius 1 is 1.05 bits per heavy atom. The monoisotopic (exact) mass is 307 g/mol. The Morgan fingerprint density at radius 3 is 2.19 bits per heavy atom. The molecule has 0 radical (unpaired) electrons. The summed E-state index contributed by atoms with van der Waals surface area (Å²) >= 11 is 0. The van der Waals surface area contributed by atoms with Crippen molar-refractivity contribution in [2.75, 3.05) is 0 Å². The highest BCUT2D eigenvalue weighted by Crippen LogP contribution is 2.23. The Hall–Kier alpha value is -2.41. The molecule has 0 heterocycles. The Kier molecular flexibility index (Phi) is 3.95. The summed E-state index contributed by atoms with van der Waals surface area (Å²) in [5.41, 5.74) is 1.39. The van der Waals surface area contributed by atoms with Crippen LogP contribution in [0.15, 0.2) is 47.4 Å². The van der Waals surface area contributed by atoms with Gasteiger partial charge in [-0.1, -0.05) is 17.7 Å². The molecule has 0 unspecified atom stereocenters. The lowest BCUT2D eigenvalue weighted by Gasteiger charge is -2.09. The molecule has 0 fully saturated rings. The van der Waals surface area contributed by atoms with E-state index < -0.39 is 15.0 Å². The van der Waals surface area contributed by atoms with Crippen LogP contribution in [0.4, 0.5) is 5.69 Å². The van der Waals surface area contributed by atoms with E-state index in [1.807, 2.05) is 6.92 Å². The molecule has 6 nitrogen and oxygen atoms in total. The third-order valence-electron chi connectivity index (χ3n) is 2.85. The molecule has 0 aromatic heterocycles. The van der Waals surface area contributed by atoms with Gasteiger partial charge in [-0.2, -0.15) is 8.42 Å². The molecule has 2 rings (SSSR count). The van der Waals surface area contributed by atoms with Crippen molar-refractivity contribution in [1.82, 2.24) is 0 Å². The van der Waals surface area contributed by atoms with Crippen LogP contribution in [-0.2, 0) is 10.1 Å². The minimum absolute atomic E-state index is 0.0283. The number of aryl methyl sites for hydroxylation is 2. The average Bonchev–Trinajstić information content (AvgIpc) is 2.38. The lowest BCUT2D eigenvalue weighted by atomic mass is 10.2. The fourth-order valence-corrected chi connectivity index (χ4v) is 3.02.